The zero-order chi connectivity index (χ0) is 69.5. The number of amides is 3. The topological polar surface area (TPSA) is 323 Å². The van der Waals surface area contributed by atoms with Crippen LogP contribution >= 0.6 is 11.6 Å². The SMILES string of the molecule is CC1(C)C(/C=C/C2=C(Cl)C(=C/C=C3/N(CCCCCC(=O)O)c4ccccc4C3(C)C)/CCC2)=[N+](CCCCCC(=O)NC(CCCCNC(=O)CN2CCN(CC(=O)O)CCN(CC(=O)O)CCN(CC(=O)O)CC2)C(=O)NCCOCCOCCN=[N+]=[N-])c2ccccc21. The first-order chi connectivity index (χ1) is 46.1. The molecule has 7 N–H and O–H groups in total. The standard InChI is InChI=1S/C70H101ClN12O13/c1-69(2)54-20-9-11-23-57(54)82(59(69)29-27-52-18-17-19-53(67(52)71)28-30-60-70(3,4)55-21-10-12-24-58(55)83(60)35-16-6-8-26-63(86)87)34-15-5-7-25-61(84)76-56(68(94)74-32-44-95-46-47-96-45-33-75-77-72)22-13-14-31-73-62(85)48-78-36-38-79(49-64(88)89)40-42-81(51-66(92)93)43-41-80(39-37-78)50-65(90)91/h9-12,20-21,23-24,27-30,56H,5-8,13-19,22,25-26,31-51H2,1-4H3,(H6-,73,74,76,84,85,86,87,88,89,90,91,92,93,94)/p+1. The summed E-state index contributed by atoms with van der Waals surface area (Å²) < 4.78 is 13.4. The van der Waals surface area contributed by atoms with Gasteiger partial charge in [-0.3, -0.25) is 53.2 Å². The Hall–Kier alpha value is -7.48. The highest BCUT2D eigenvalue weighted by atomic mass is 35.5. The van der Waals surface area contributed by atoms with Crippen LogP contribution in [-0.4, -0.2) is 236 Å². The average Bonchev–Trinajstić information content (AvgIpc) is 1.61. The third-order valence-corrected chi connectivity index (χ3v) is 18.6. The first-order valence-electron chi connectivity index (χ1n) is 34.0. The number of fused-ring (bicyclic) bond motifs is 2. The molecule has 2 aromatic carbocycles. The summed E-state index contributed by atoms with van der Waals surface area (Å²) in [5, 5.41) is 50.9. The number of benzene rings is 2. The van der Waals surface area contributed by atoms with Crippen molar-refractivity contribution >= 4 is 70.3 Å². The lowest BCUT2D eigenvalue weighted by molar-refractivity contribution is -0.438. The number of ether oxygens (including phenoxy) is 2. The summed E-state index contributed by atoms with van der Waals surface area (Å²) in [6, 6.07) is 16.2. The molecule has 26 heteroatoms. The zero-order valence-corrected chi connectivity index (χ0v) is 57.4. The molecule has 1 atom stereocenters. The van der Waals surface area contributed by atoms with E-state index in [0.29, 0.717) is 45.2 Å². The number of allylic oxidation sites excluding steroid dienone is 8. The van der Waals surface area contributed by atoms with Crippen LogP contribution < -0.4 is 20.9 Å². The van der Waals surface area contributed by atoms with E-state index in [9.17, 15) is 54.0 Å². The highest BCUT2D eigenvalue weighted by molar-refractivity contribution is 6.32. The van der Waals surface area contributed by atoms with Crippen LogP contribution in [0.3, 0.4) is 0 Å². The van der Waals surface area contributed by atoms with Crippen molar-refractivity contribution in [3.05, 3.63) is 116 Å². The van der Waals surface area contributed by atoms with Crippen LogP contribution in [0.1, 0.15) is 129 Å². The molecule has 0 radical (unpaired) electrons. The first-order valence-corrected chi connectivity index (χ1v) is 34.3. The van der Waals surface area contributed by atoms with E-state index in [4.69, 9.17) is 26.6 Å². The highest BCUT2D eigenvalue weighted by Gasteiger charge is 2.44. The van der Waals surface area contributed by atoms with Gasteiger partial charge in [-0.25, -0.2) is 0 Å². The van der Waals surface area contributed by atoms with Gasteiger partial charge in [-0.2, -0.15) is 4.58 Å². The quantitative estimate of drug-likeness (QED) is 0.0110. The van der Waals surface area contributed by atoms with Crippen molar-refractivity contribution in [3.8, 4) is 0 Å². The molecule has 3 heterocycles. The third kappa shape index (κ3) is 25.2. The number of rotatable bonds is 39. The predicted octanol–water partition coefficient (Wildman–Crippen LogP) is 7.82. The van der Waals surface area contributed by atoms with E-state index in [2.05, 4.69) is 136 Å². The number of aliphatic carboxylic acids is 4. The van der Waals surface area contributed by atoms with Gasteiger partial charge in [-0.15, -0.1) is 0 Å². The molecule has 1 aliphatic carbocycles. The van der Waals surface area contributed by atoms with Crippen molar-refractivity contribution in [2.45, 2.75) is 134 Å². The van der Waals surface area contributed by atoms with Crippen molar-refractivity contribution in [2.24, 2.45) is 5.11 Å². The fourth-order valence-electron chi connectivity index (χ4n) is 12.9. The minimum absolute atomic E-state index is 0.0387. The fourth-order valence-corrected chi connectivity index (χ4v) is 13.2. The number of carbonyl (C=O) groups excluding carboxylic acids is 3. The predicted molar refractivity (Wildman–Crippen MR) is 369 cm³/mol. The molecule has 0 bridgehead atoms. The molecule has 0 saturated carbocycles. The second kappa shape index (κ2) is 40.3. The van der Waals surface area contributed by atoms with E-state index < -0.39 is 29.9 Å². The first kappa shape index (κ1) is 77.5. The van der Waals surface area contributed by atoms with Gasteiger partial charge in [0.25, 0.3) is 0 Å². The third-order valence-electron chi connectivity index (χ3n) is 18.1. The van der Waals surface area contributed by atoms with Crippen LogP contribution in [0.5, 0.6) is 0 Å². The number of azide groups is 1. The van der Waals surface area contributed by atoms with E-state index in [1.54, 1.807) is 14.7 Å². The molecular weight excluding hydrogens is 1250 g/mol. The van der Waals surface area contributed by atoms with Gasteiger partial charge in [0.1, 0.15) is 12.6 Å². The van der Waals surface area contributed by atoms with Gasteiger partial charge in [-0.1, -0.05) is 85.5 Å². The number of unbranched alkanes of at least 4 members (excludes halogenated alkanes) is 5. The Kier molecular flexibility index (Phi) is 32.5. The number of carbonyl (C=O) groups is 7. The molecule has 2 aromatic rings. The van der Waals surface area contributed by atoms with Crippen LogP contribution in [0.25, 0.3) is 10.4 Å². The smallest absolute Gasteiger partial charge is 0.317 e. The number of nitrogens with zero attached hydrogens (tertiary/aromatic N) is 9. The van der Waals surface area contributed by atoms with Crippen molar-refractivity contribution in [3.63, 3.8) is 0 Å². The molecule has 0 spiro atoms. The number of para-hydroxylation sites is 2. The Balaban J connectivity index is 1.05. The number of hydrogen-bond acceptors (Lipinski definition) is 15. The van der Waals surface area contributed by atoms with Gasteiger partial charge in [0.15, 0.2) is 5.71 Å². The zero-order valence-electron chi connectivity index (χ0n) is 56.6. The van der Waals surface area contributed by atoms with Crippen LogP contribution in [0.4, 0.5) is 11.4 Å². The number of halogens is 1. The maximum atomic E-state index is 13.7. The molecule has 1 saturated heterocycles. The van der Waals surface area contributed by atoms with Gasteiger partial charge < -0.3 is 50.8 Å². The van der Waals surface area contributed by atoms with Gasteiger partial charge in [0, 0.05) is 142 Å². The summed E-state index contributed by atoms with van der Waals surface area (Å²) in [7, 11) is 0. The minimum Gasteiger partial charge on any atom is -0.481 e. The second-order valence-corrected chi connectivity index (χ2v) is 26.4. The number of carboxylic acids is 4. The molecule has 6 rings (SSSR count). The number of anilines is 1. The van der Waals surface area contributed by atoms with Gasteiger partial charge in [0.05, 0.1) is 58.0 Å². The summed E-state index contributed by atoms with van der Waals surface area (Å²) in [5.74, 6) is -4.82. The number of hydrogen-bond donors (Lipinski definition) is 7. The Morgan fingerprint density at radius 1 is 0.635 bits per heavy atom. The minimum atomic E-state index is -1.05. The van der Waals surface area contributed by atoms with Crippen LogP contribution in [0, 0.1) is 0 Å². The maximum absolute atomic E-state index is 13.7. The summed E-state index contributed by atoms with van der Waals surface area (Å²) in [6.07, 6.45) is 17.7. The van der Waals surface area contributed by atoms with Crippen LogP contribution in [-0.2, 0) is 53.9 Å². The molecular formula is C70H102ClN12O13+. The van der Waals surface area contributed by atoms with E-state index in [1.807, 2.05) is 4.90 Å². The Morgan fingerprint density at radius 2 is 1.23 bits per heavy atom. The van der Waals surface area contributed by atoms with Crippen molar-refractivity contribution < 1.29 is 68.0 Å². The van der Waals surface area contributed by atoms with E-state index in [0.717, 1.165) is 85.6 Å². The van der Waals surface area contributed by atoms with Crippen molar-refractivity contribution in [2.75, 3.05) is 143 Å². The number of carboxylic acid groups (broad SMARTS) is 4. The highest BCUT2D eigenvalue weighted by Crippen LogP contribution is 2.48. The van der Waals surface area contributed by atoms with Crippen molar-refractivity contribution in [1.82, 2.24) is 35.6 Å². The van der Waals surface area contributed by atoms with Crippen molar-refractivity contribution in [1.29, 1.82) is 0 Å². The Morgan fingerprint density at radius 3 is 1.86 bits per heavy atom. The van der Waals surface area contributed by atoms with Crippen LogP contribution in [0.2, 0.25) is 0 Å². The lowest BCUT2D eigenvalue weighted by Crippen LogP contribution is -2.49. The van der Waals surface area contributed by atoms with E-state index >= 15 is 0 Å². The molecule has 3 aliphatic heterocycles. The second-order valence-electron chi connectivity index (χ2n) is 26.0. The van der Waals surface area contributed by atoms with Gasteiger partial charge in [-0.05, 0) is 112 Å². The summed E-state index contributed by atoms with van der Waals surface area (Å²) in [4.78, 5) is 99.1. The monoisotopic (exact) mass is 1350 g/mol. The number of nitrogens with one attached hydrogen (secondary N) is 3. The molecule has 1 unspecified atom stereocenters. The molecule has 25 nitrogen and oxygen atoms in total. The molecule has 3 amide bonds. The van der Waals surface area contributed by atoms with Crippen LogP contribution in [0.15, 0.2) is 99.8 Å². The summed E-state index contributed by atoms with van der Waals surface area (Å²) in [6.45, 7) is 13.5. The maximum Gasteiger partial charge on any atom is 0.317 e. The lowest BCUT2D eigenvalue weighted by atomic mass is 9.81. The molecule has 526 valence electrons. The summed E-state index contributed by atoms with van der Waals surface area (Å²) in [5.41, 5.74) is 17.3. The molecule has 96 heavy (non-hydrogen) atoms. The van der Waals surface area contributed by atoms with Gasteiger partial charge in [0.2, 0.25) is 23.4 Å². The Labute approximate surface area is 569 Å². The van der Waals surface area contributed by atoms with E-state index in [-0.39, 0.29) is 153 Å². The van der Waals surface area contributed by atoms with E-state index in [1.165, 1.54) is 22.5 Å². The van der Waals surface area contributed by atoms with Gasteiger partial charge >= 0.3 is 23.9 Å². The lowest BCUT2D eigenvalue weighted by Gasteiger charge is -2.32. The molecule has 4 aliphatic rings. The fraction of sp³-hybridized carbons (Fsp3) is 0.600. The average molecular weight is 1360 g/mol. The largest absolute Gasteiger partial charge is 0.481 e. The Bertz CT molecular complexity index is 3150. The molecule has 0 aromatic heterocycles. The normalized spacial score (nSPS) is 18.4. The molecule has 1 fully saturated rings. The summed E-state index contributed by atoms with van der Waals surface area (Å²) >= 11 is 7.36.